The van der Waals surface area contributed by atoms with Crippen LogP contribution >= 0.6 is 0 Å². The summed E-state index contributed by atoms with van der Waals surface area (Å²) in [6.45, 7) is 10.4. The van der Waals surface area contributed by atoms with Gasteiger partial charge in [-0.15, -0.1) is 0 Å². The lowest BCUT2D eigenvalue weighted by Crippen LogP contribution is -2.33. The van der Waals surface area contributed by atoms with E-state index in [1.54, 1.807) is 12.1 Å². The molecule has 0 heterocycles. The average molecular weight is 543 g/mol. The Morgan fingerprint density at radius 3 is 1.93 bits per heavy atom. The minimum atomic E-state index is -0.916. The number of hydrogen-bond donors (Lipinski definition) is 2. The van der Waals surface area contributed by atoms with E-state index in [1.807, 2.05) is 12.1 Å². The van der Waals surface area contributed by atoms with Crippen molar-refractivity contribution in [3.63, 3.8) is 0 Å². The van der Waals surface area contributed by atoms with Crippen LogP contribution in [0.3, 0.4) is 0 Å². The average Bonchev–Trinajstić information content (AvgIpc) is 2.94. The molecule has 40 heavy (non-hydrogen) atoms. The molecule has 0 fully saturated rings. The third kappa shape index (κ3) is 7.14. The molecule has 0 unspecified atom stereocenters. The lowest BCUT2D eigenvalue weighted by molar-refractivity contribution is 0.0697. The summed E-state index contributed by atoms with van der Waals surface area (Å²) in [6.07, 6.45) is 10.1. The summed E-state index contributed by atoms with van der Waals surface area (Å²) in [4.78, 5) is 11.3. The molecule has 0 bridgehead atoms. The first-order chi connectivity index (χ1) is 19.1. The van der Waals surface area contributed by atoms with Crippen molar-refractivity contribution in [2.45, 2.75) is 96.3 Å². The Balaban J connectivity index is 1.60. The number of fused-ring (bicyclic) bond motifs is 1. The smallest absolute Gasteiger partial charge is 0.335 e. The third-order valence-electron chi connectivity index (χ3n) is 8.67. The molecule has 3 aromatic rings. The molecule has 4 rings (SSSR count). The summed E-state index contributed by atoms with van der Waals surface area (Å²) in [5.74, 6) is -0.0255. The van der Waals surface area contributed by atoms with Gasteiger partial charge in [0.1, 0.15) is 5.75 Å². The number of carboxylic acids is 1. The molecule has 0 amide bonds. The molecule has 0 aliphatic heterocycles. The van der Waals surface area contributed by atoms with E-state index in [0.717, 1.165) is 60.1 Å². The maximum absolute atomic E-state index is 11.3. The Kier molecular flexibility index (Phi) is 9.73. The number of hydrogen-bond acceptors (Lipinski definition) is 3. The molecule has 0 saturated heterocycles. The van der Waals surface area contributed by atoms with Gasteiger partial charge in [0, 0.05) is 12.2 Å². The van der Waals surface area contributed by atoms with E-state index >= 15 is 0 Å². The Morgan fingerprint density at radius 2 is 1.27 bits per heavy atom. The monoisotopic (exact) mass is 542 g/mol. The maximum Gasteiger partial charge on any atom is 0.335 e. The Bertz CT molecular complexity index is 1290. The molecule has 0 aromatic heterocycles. The molecule has 1 aliphatic carbocycles. The van der Waals surface area contributed by atoms with Gasteiger partial charge in [-0.25, -0.2) is 4.79 Å². The predicted octanol–water partition coefficient (Wildman–Crippen LogP) is 9.17. The molecule has 0 radical (unpaired) electrons. The largest absolute Gasteiger partial charge is 0.493 e. The van der Waals surface area contributed by atoms with Crippen molar-refractivity contribution in [2.75, 3.05) is 13.2 Å². The molecule has 4 heteroatoms. The van der Waals surface area contributed by atoms with Crippen molar-refractivity contribution >= 4 is 5.97 Å². The van der Waals surface area contributed by atoms with Gasteiger partial charge < -0.3 is 14.9 Å². The topological polar surface area (TPSA) is 66.8 Å². The first kappa shape index (κ1) is 29.9. The Morgan fingerprint density at radius 1 is 0.700 bits per heavy atom. The van der Waals surface area contributed by atoms with Gasteiger partial charge >= 0.3 is 5.97 Å². The van der Waals surface area contributed by atoms with Crippen LogP contribution < -0.4 is 4.74 Å². The normalized spacial score (nSPS) is 15.4. The van der Waals surface area contributed by atoms with E-state index < -0.39 is 5.97 Å². The number of aliphatic hydroxyl groups is 1. The minimum Gasteiger partial charge on any atom is -0.493 e. The number of ether oxygens (including phenoxy) is 1. The number of carboxylic acid groups (broad SMARTS) is 1. The Labute approximate surface area is 240 Å². The van der Waals surface area contributed by atoms with E-state index in [0.29, 0.717) is 13.2 Å². The number of aromatic carboxylic acids is 1. The van der Waals surface area contributed by atoms with Crippen LogP contribution in [0.4, 0.5) is 0 Å². The third-order valence-corrected chi connectivity index (χ3v) is 8.67. The number of carbonyl (C=O) groups is 1. The lowest BCUT2D eigenvalue weighted by atomic mass is 9.63. The van der Waals surface area contributed by atoms with Gasteiger partial charge in [0.15, 0.2) is 0 Å². The van der Waals surface area contributed by atoms with Crippen molar-refractivity contribution in [1.29, 1.82) is 0 Å². The van der Waals surface area contributed by atoms with Crippen molar-refractivity contribution in [1.82, 2.24) is 0 Å². The number of unbranched alkanes of at least 4 members (excludes halogenated alkanes) is 6. The van der Waals surface area contributed by atoms with Crippen LogP contribution in [0.15, 0.2) is 60.7 Å². The summed E-state index contributed by atoms with van der Waals surface area (Å²) in [5, 5.41) is 18.2. The van der Waals surface area contributed by atoms with E-state index in [9.17, 15) is 9.90 Å². The molecule has 1 aliphatic rings. The van der Waals surface area contributed by atoms with Gasteiger partial charge in [0.25, 0.3) is 0 Å². The molecule has 0 saturated carbocycles. The number of benzene rings is 3. The highest BCUT2D eigenvalue weighted by Gasteiger charge is 2.37. The van der Waals surface area contributed by atoms with Gasteiger partial charge in [0.2, 0.25) is 0 Å². The van der Waals surface area contributed by atoms with Crippen molar-refractivity contribution < 1.29 is 19.7 Å². The fraction of sp³-hybridized carbons (Fsp3) is 0.472. The van der Waals surface area contributed by atoms with Gasteiger partial charge in [0.05, 0.1) is 12.2 Å². The summed E-state index contributed by atoms with van der Waals surface area (Å²) in [5.41, 5.74) is 7.68. The molecule has 2 N–H and O–H groups in total. The SMILES string of the molecule is CC1(C)CCC(C)(C)c2cc(-c3cc(-c4ccc(C(=O)O)cc4)ccc3OCCCCCCCCCO)ccc21. The standard InChI is InChI=1S/C36H46O4/c1-35(2)20-21-36(3,4)32-25-29(16-18-31(32)35)30-24-28(26-12-14-27(15-13-26)34(38)39)17-19-33(30)40-23-11-9-7-5-6-8-10-22-37/h12-19,24-25,37H,5-11,20-23H2,1-4H3,(H,38,39). The maximum atomic E-state index is 11.3. The number of aliphatic hydroxyl groups excluding tert-OH is 1. The molecular formula is C36H46O4. The van der Waals surface area contributed by atoms with Crippen LogP contribution in [0.25, 0.3) is 22.3 Å². The van der Waals surface area contributed by atoms with E-state index in [1.165, 1.54) is 36.8 Å². The van der Waals surface area contributed by atoms with Gasteiger partial charge in [-0.3, -0.25) is 0 Å². The van der Waals surface area contributed by atoms with Crippen molar-refractivity contribution in [3.05, 3.63) is 77.4 Å². The van der Waals surface area contributed by atoms with E-state index in [2.05, 4.69) is 64.1 Å². The summed E-state index contributed by atoms with van der Waals surface area (Å²) in [7, 11) is 0. The van der Waals surface area contributed by atoms with Crippen molar-refractivity contribution in [3.8, 4) is 28.0 Å². The second-order valence-corrected chi connectivity index (χ2v) is 12.7. The molecule has 0 spiro atoms. The molecule has 4 nitrogen and oxygen atoms in total. The molecule has 3 aromatic carbocycles. The van der Waals surface area contributed by atoms with Crippen LogP contribution in [-0.4, -0.2) is 29.4 Å². The highest BCUT2D eigenvalue weighted by Crippen LogP contribution is 2.47. The summed E-state index contributed by atoms with van der Waals surface area (Å²) in [6, 6.07) is 20.3. The first-order valence-electron chi connectivity index (χ1n) is 15.0. The summed E-state index contributed by atoms with van der Waals surface area (Å²) >= 11 is 0. The van der Waals surface area contributed by atoms with E-state index in [-0.39, 0.29) is 16.4 Å². The predicted molar refractivity (Wildman–Crippen MR) is 164 cm³/mol. The fourth-order valence-corrected chi connectivity index (χ4v) is 5.90. The van der Waals surface area contributed by atoms with Gasteiger partial charge in [-0.05, 0) is 88.6 Å². The number of rotatable bonds is 13. The van der Waals surface area contributed by atoms with E-state index in [4.69, 9.17) is 9.84 Å². The van der Waals surface area contributed by atoms with Crippen LogP contribution in [-0.2, 0) is 10.8 Å². The van der Waals surface area contributed by atoms with Crippen LogP contribution in [0.1, 0.15) is 107 Å². The Hall–Kier alpha value is -3.11. The molecule has 0 atom stereocenters. The zero-order valence-electron chi connectivity index (χ0n) is 24.8. The second-order valence-electron chi connectivity index (χ2n) is 12.7. The zero-order valence-corrected chi connectivity index (χ0v) is 24.8. The molecular weight excluding hydrogens is 496 g/mol. The van der Waals surface area contributed by atoms with Crippen LogP contribution in [0.2, 0.25) is 0 Å². The fourth-order valence-electron chi connectivity index (χ4n) is 5.90. The quantitative estimate of drug-likeness (QED) is 0.211. The lowest BCUT2D eigenvalue weighted by Gasteiger charge is -2.42. The minimum absolute atomic E-state index is 0.114. The first-order valence-corrected chi connectivity index (χ1v) is 15.0. The zero-order chi connectivity index (χ0) is 28.8. The second kappa shape index (κ2) is 13.0. The van der Waals surface area contributed by atoms with Gasteiger partial charge in [-0.2, -0.15) is 0 Å². The highest BCUT2D eigenvalue weighted by molar-refractivity contribution is 5.88. The summed E-state index contributed by atoms with van der Waals surface area (Å²) < 4.78 is 6.40. The van der Waals surface area contributed by atoms with Crippen LogP contribution in [0.5, 0.6) is 5.75 Å². The van der Waals surface area contributed by atoms with Gasteiger partial charge in [-0.1, -0.05) is 96.2 Å². The molecule has 214 valence electrons. The van der Waals surface area contributed by atoms with Crippen LogP contribution in [0, 0.1) is 0 Å². The van der Waals surface area contributed by atoms with Crippen molar-refractivity contribution in [2.24, 2.45) is 0 Å². The highest BCUT2D eigenvalue weighted by atomic mass is 16.5.